The van der Waals surface area contributed by atoms with Gasteiger partial charge >= 0.3 is 12.1 Å². The van der Waals surface area contributed by atoms with Crippen LogP contribution in [0.2, 0.25) is 0 Å². The molecule has 7 heteroatoms. The number of nitrogens with zero attached hydrogens (tertiary/aromatic N) is 1. The standard InChI is InChI=1S/C11H10INO4S/c1-2-3-17-11(16)13-4-6-7(5-13)18-9(8(6)12)10(14)15/h2H,1,3-5H2,(H,14,15). The lowest BCUT2D eigenvalue weighted by Gasteiger charge is -2.14. The highest BCUT2D eigenvalue weighted by atomic mass is 127. The molecule has 0 unspecified atom stereocenters. The predicted octanol–water partition coefficient (Wildman–Crippen LogP) is 2.69. The second-order valence-corrected chi connectivity index (χ2v) is 5.86. The van der Waals surface area contributed by atoms with Crippen LogP contribution in [-0.2, 0) is 17.8 Å². The van der Waals surface area contributed by atoms with E-state index in [0.29, 0.717) is 18.0 Å². The van der Waals surface area contributed by atoms with Gasteiger partial charge in [-0.2, -0.15) is 0 Å². The molecule has 1 amide bonds. The Morgan fingerprint density at radius 2 is 2.28 bits per heavy atom. The van der Waals surface area contributed by atoms with Crippen molar-refractivity contribution in [3.05, 3.63) is 31.5 Å². The third-order valence-corrected chi connectivity index (χ3v) is 5.25. The fourth-order valence-electron chi connectivity index (χ4n) is 1.68. The van der Waals surface area contributed by atoms with E-state index >= 15 is 0 Å². The Balaban J connectivity index is 2.12. The summed E-state index contributed by atoms with van der Waals surface area (Å²) in [5.74, 6) is -0.917. The van der Waals surface area contributed by atoms with Gasteiger partial charge in [-0.15, -0.1) is 11.3 Å². The Morgan fingerprint density at radius 1 is 1.56 bits per heavy atom. The highest BCUT2D eigenvalue weighted by Crippen LogP contribution is 2.36. The van der Waals surface area contributed by atoms with Crippen molar-refractivity contribution in [3.63, 3.8) is 0 Å². The van der Waals surface area contributed by atoms with Crippen LogP contribution in [0.3, 0.4) is 0 Å². The summed E-state index contributed by atoms with van der Waals surface area (Å²) in [5, 5.41) is 9.00. The molecule has 2 rings (SSSR count). The molecule has 0 atom stereocenters. The number of thiophene rings is 1. The summed E-state index contributed by atoms with van der Waals surface area (Å²) in [6, 6.07) is 0. The number of halogens is 1. The number of carbonyl (C=O) groups is 2. The van der Waals surface area contributed by atoms with E-state index in [1.807, 2.05) is 22.6 Å². The lowest BCUT2D eigenvalue weighted by Crippen LogP contribution is -2.26. The number of aromatic carboxylic acids is 1. The summed E-state index contributed by atoms with van der Waals surface area (Å²) in [5.41, 5.74) is 0.925. The Bertz CT molecular complexity index is 525. The molecular formula is C11H10INO4S. The van der Waals surface area contributed by atoms with Crippen molar-refractivity contribution < 1.29 is 19.4 Å². The largest absolute Gasteiger partial charge is 0.477 e. The minimum Gasteiger partial charge on any atom is -0.477 e. The number of fused-ring (bicyclic) bond motifs is 1. The zero-order chi connectivity index (χ0) is 13.3. The molecule has 0 radical (unpaired) electrons. The molecule has 1 aromatic heterocycles. The van der Waals surface area contributed by atoms with Crippen molar-refractivity contribution in [3.8, 4) is 0 Å². The maximum Gasteiger partial charge on any atom is 0.410 e. The summed E-state index contributed by atoms with van der Waals surface area (Å²) in [4.78, 5) is 25.4. The fraction of sp³-hybridized carbons (Fsp3) is 0.273. The van der Waals surface area contributed by atoms with Crippen molar-refractivity contribution in [2.75, 3.05) is 6.61 Å². The highest BCUT2D eigenvalue weighted by Gasteiger charge is 2.31. The van der Waals surface area contributed by atoms with E-state index in [2.05, 4.69) is 6.58 Å². The van der Waals surface area contributed by atoms with E-state index in [-0.39, 0.29) is 6.61 Å². The first kappa shape index (κ1) is 13.3. The normalized spacial score (nSPS) is 13.3. The molecule has 0 saturated carbocycles. The van der Waals surface area contributed by atoms with Crippen LogP contribution in [0.15, 0.2) is 12.7 Å². The van der Waals surface area contributed by atoms with Gasteiger partial charge < -0.3 is 9.84 Å². The average Bonchev–Trinajstić information content (AvgIpc) is 2.86. The molecule has 0 fully saturated rings. The molecule has 0 saturated heterocycles. The highest BCUT2D eigenvalue weighted by molar-refractivity contribution is 14.1. The van der Waals surface area contributed by atoms with E-state index in [9.17, 15) is 9.59 Å². The van der Waals surface area contributed by atoms with Gasteiger partial charge in [0.15, 0.2) is 0 Å². The molecule has 0 bridgehead atoms. The van der Waals surface area contributed by atoms with Gasteiger partial charge in [0, 0.05) is 14.0 Å². The van der Waals surface area contributed by atoms with Gasteiger partial charge in [-0.25, -0.2) is 9.59 Å². The van der Waals surface area contributed by atoms with Gasteiger partial charge in [0.2, 0.25) is 0 Å². The second kappa shape index (κ2) is 5.27. The van der Waals surface area contributed by atoms with Crippen molar-refractivity contribution >= 4 is 46.0 Å². The number of carboxylic acids is 1. The van der Waals surface area contributed by atoms with Crippen LogP contribution in [0.4, 0.5) is 4.79 Å². The number of ether oxygens (including phenoxy) is 1. The predicted molar refractivity (Wildman–Crippen MR) is 74.8 cm³/mol. The number of rotatable bonds is 3. The van der Waals surface area contributed by atoms with E-state index in [4.69, 9.17) is 9.84 Å². The lowest BCUT2D eigenvalue weighted by atomic mass is 10.3. The first-order valence-corrected chi connectivity index (χ1v) is 7.00. The van der Waals surface area contributed by atoms with Crippen molar-refractivity contribution in [1.29, 1.82) is 0 Å². The SMILES string of the molecule is C=CCOC(=O)N1Cc2sc(C(=O)O)c(I)c2C1. The summed E-state index contributed by atoms with van der Waals surface area (Å²) < 4.78 is 5.67. The maximum atomic E-state index is 11.6. The van der Waals surface area contributed by atoms with E-state index in [1.165, 1.54) is 17.4 Å². The average molecular weight is 379 g/mol. The molecule has 0 spiro atoms. The smallest absolute Gasteiger partial charge is 0.410 e. The van der Waals surface area contributed by atoms with Gasteiger partial charge in [0.25, 0.3) is 0 Å². The summed E-state index contributed by atoms with van der Waals surface area (Å²) in [7, 11) is 0. The molecule has 0 aliphatic carbocycles. The molecule has 1 N–H and O–H groups in total. The Hall–Kier alpha value is -1.09. The van der Waals surface area contributed by atoms with E-state index in [0.717, 1.165) is 14.0 Å². The summed E-state index contributed by atoms with van der Waals surface area (Å²) in [6.45, 7) is 4.48. The number of hydrogen-bond acceptors (Lipinski definition) is 4. The topological polar surface area (TPSA) is 66.8 Å². The first-order valence-electron chi connectivity index (χ1n) is 5.10. The molecule has 96 valence electrons. The fourth-order valence-corrected chi connectivity index (χ4v) is 3.98. The maximum absolute atomic E-state index is 11.6. The molecule has 5 nitrogen and oxygen atoms in total. The Kier molecular flexibility index (Phi) is 3.91. The monoisotopic (exact) mass is 379 g/mol. The van der Waals surface area contributed by atoms with Crippen LogP contribution in [0.25, 0.3) is 0 Å². The van der Waals surface area contributed by atoms with E-state index < -0.39 is 12.1 Å². The van der Waals surface area contributed by atoms with Crippen molar-refractivity contribution in [1.82, 2.24) is 4.90 Å². The number of carboxylic acid groups (broad SMARTS) is 1. The minimum atomic E-state index is -0.917. The minimum absolute atomic E-state index is 0.181. The van der Waals surface area contributed by atoms with Crippen molar-refractivity contribution in [2.24, 2.45) is 0 Å². The number of hydrogen-bond donors (Lipinski definition) is 1. The summed E-state index contributed by atoms with van der Waals surface area (Å²) >= 11 is 3.24. The van der Waals surface area contributed by atoms with Crippen molar-refractivity contribution in [2.45, 2.75) is 13.1 Å². The van der Waals surface area contributed by atoms with Gasteiger partial charge in [-0.05, 0) is 22.6 Å². The van der Waals surface area contributed by atoms with E-state index in [1.54, 1.807) is 4.90 Å². The molecule has 0 aromatic carbocycles. The third kappa shape index (κ3) is 2.37. The lowest BCUT2D eigenvalue weighted by molar-refractivity contribution is 0.0701. The zero-order valence-corrected chi connectivity index (χ0v) is 12.3. The number of carbonyl (C=O) groups excluding carboxylic acids is 1. The van der Waals surface area contributed by atoms with Crippen LogP contribution < -0.4 is 0 Å². The van der Waals surface area contributed by atoms with Crippen LogP contribution in [0, 0.1) is 3.57 Å². The van der Waals surface area contributed by atoms with Crippen LogP contribution in [0.1, 0.15) is 20.1 Å². The molecule has 1 aliphatic heterocycles. The molecule has 1 aromatic rings. The van der Waals surface area contributed by atoms with Gasteiger partial charge in [0.05, 0.1) is 13.1 Å². The third-order valence-electron chi connectivity index (χ3n) is 2.49. The summed E-state index contributed by atoms with van der Waals surface area (Å²) in [6.07, 6.45) is 1.11. The Labute approximate surface area is 121 Å². The Morgan fingerprint density at radius 3 is 2.83 bits per heavy atom. The second-order valence-electron chi connectivity index (χ2n) is 3.67. The molecule has 2 heterocycles. The van der Waals surface area contributed by atoms with Crippen LogP contribution in [0.5, 0.6) is 0 Å². The first-order chi connectivity index (χ1) is 8.54. The molecule has 1 aliphatic rings. The van der Waals surface area contributed by atoms with Crippen LogP contribution in [-0.4, -0.2) is 28.7 Å². The quantitative estimate of drug-likeness (QED) is 0.648. The van der Waals surface area contributed by atoms with Crippen LogP contribution >= 0.6 is 33.9 Å². The molecule has 18 heavy (non-hydrogen) atoms. The van der Waals surface area contributed by atoms with Gasteiger partial charge in [-0.1, -0.05) is 12.7 Å². The number of amides is 1. The molecular weight excluding hydrogens is 369 g/mol. The zero-order valence-electron chi connectivity index (χ0n) is 9.31. The van der Waals surface area contributed by atoms with Gasteiger partial charge in [-0.3, -0.25) is 4.90 Å². The van der Waals surface area contributed by atoms with Gasteiger partial charge in [0.1, 0.15) is 11.5 Å².